The molecule has 0 saturated carbocycles. The van der Waals surface area contributed by atoms with Gasteiger partial charge in [0.05, 0.1) is 13.5 Å². The van der Waals surface area contributed by atoms with Crippen molar-refractivity contribution in [2.75, 3.05) is 7.11 Å². The SMILES string of the molecule is COc1ccc(CC(=O)NC(CC(C)C)C(=O)O)cc1. The summed E-state index contributed by atoms with van der Waals surface area (Å²) < 4.78 is 5.04. The van der Waals surface area contributed by atoms with Gasteiger partial charge in [-0.3, -0.25) is 4.79 Å². The van der Waals surface area contributed by atoms with Gasteiger partial charge < -0.3 is 15.2 Å². The Morgan fingerprint density at radius 2 is 1.85 bits per heavy atom. The van der Waals surface area contributed by atoms with Crippen molar-refractivity contribution < 1.29 is 19.4 Å². The van der Waals surface area contributed by atoms with Crippen LogP contribution < -0.4 is 10.1 Å². The van der Waals surface area contributed by atoms with Gasteiger partial charge in [0.1, 0.15) is 11.8 Å². The minimum Gasteiger partial charge on any atom is -0.497 e. The molecule has 1 aromatic carbocycles. The molecular weight excluding hydrogens is 258 g/mol. The Kier molecular flexibility index (Phi) is 6.03. The predicted octanol–water partition coefficient (Wildman–Crippen LogP) is 1.85. The molecule has 20 heavy (non-hydrogen) atoms. The quantitative estimate of drug-likeness (QED) is 0.798. The average molecular weight is 279 g/mol. The zero-order chi connectivity index (χ0) is 15.1. The van der Waals surface area contributed by atoms with Gasteiger partial charge in [-0.15, -0.1) is 0 Å². The molecule has 110 valence electrons. The van der Waals surface area contributed by atoms with Gasteiger partial charge >= 0.3 is 5.97 Å². The van der Waals surface area contributed by atoms with Crippen LogP contribution in [-0.4, -0.2) is 30.1 Å². The van der Waals surface area contributed by atoms with Gasteiger partial charge in [-0.25, -0.2) is 4.79 Å². The molecule has 0 aliphatic rings. The second-order valence-corrected chi connectivity index (χ2v) is 5.11. The summed E-state index contributed by atoms with van der Waals surface area (Å²) in [6.45, 7) is 3.84. The van der Waals surface area contributed by atoms with Crippen LogP contribution >= 0.6 is 0 Å². The first-order valence-corrected chi connectivity index (χ1v) is 6.57. The molecule has 0 radical (unpaired) electrons. The van der Waals surface area contributed by atoms with Crippen LogP contribution in [-0.2, 0) is 16.0 Å². The number of carbonyl (C=O) groups excluding carboxylic acids is 1. The minimum absolute atomic E-state index is 0.159. The van der Waals surface area contributed by atoms with Gasteiger partial charge in [0.25, 0.3) is 0 Å². The smallest absolute Gasteiger partial charge is 0.326 e. The molecule has 0 heterocycles. The summed E-state index contributed by atoms with van der Waals surface area (Å²) in [5.74, 6) is -0.361. The number of hydrogen-bond acceptors (Lipinski definition) is 3. The number of carbonyl (C=O) groups is 2. The molecule has 0 aliphatic heterocycles. The largest absolute Gasteiger partial charge is 0.497 e. The third-order valence-electron chi connectivity index (χ3n) is 2.86. The molecule has 0 aromatic heterocycles. The molecule has 0 aliphatic carbocycles. The standard InChI is InChI=1S/C15H21NO4/c1-10(2)8-13(15(18)19)16-14(17)9-11-4-6-12(20-3)7-5-11/h4-7,10,13H,8-9H2,1-3H3,(H,16,17)(H,18,19). The Morgan fingerprint density at radius 1 is 1.25 bits per heavy atom. The van der Waals surface area contributed by atoms with E-state index >= 15 is 0 Å². The molecule has 1 aromatic rings. The average Bonchev–Trinajstić information content (AvgIpc) is 2.38. The molecule has 1 rings (SSSR count). The lowest BCUT2D eigenvalue weighted by Crippen LogP contribution is -2.42. The van der Waals surface area contributed by atoms with Crippen LogP contribution in [0, 0.1) is 5.92 Å². The van der Waals surface area contributed by atoms with Gasteiger partial charge in [0, 0.05) is 0 Å². The van der Waals surface area contributed by atoms with Crippen molar-refractivity contribution in [3.05, 3.63) is 29.8 Å². The molecule has 5 heteroatoms. The van der Waals surface area contributed by atoms with E-state index in [1.165, 1.54) is 0 Å². The van der Waals surface area contributed by atoms with Crippen LogP contribution in [0.1, 0.15) is 25.8 Å². The van der Waals surface area contributed by atoms with Crippen LogP contribution in [0.3, 0.4) is 0 Å². The second kappa shape index (κ2) is 7.53. The zero-order valence-electron chi connectivity index (χ0n) is 12.1. The zero-order valence-corrected chi connectivity index (χ0v) is 12.1. The van der Waals surface area contributed by atoms with E-state index in [1.54, 1.807) is 31.4 Å². The van der Waals surface area contributed by atoms with Crippen molar-refractivity contribution in [1.82, 2.24) is 5.32 Å². The molecular formula is C15H21NO4. The number of methoxy groups -OCH3 is 1. The normalized spacial score (nSPS) is 12.0. The topological polar surface area (TPSA) is 75.6 Å². The summed E-state index contributed by atoms with van der Waals surface area (Å²) in [6.07, 6.45) is 0.579. The Bertz CT molecular complexity index is 453. The van der Waals surface area contributed by atoms with E-state index in [4.69, 9.17) is 9.84 Å². The number of carboxylic acid groups (broad SMARTS) is 1. The lowest BCUT2D eigenvalue weighted by Gasteiger charge is -2.16. The third kappa shape index (κ3) is 5.30. The molecule has 1 atom stereocenters. The summed E-state index contributed by atoms with van der Waals surface area (Å²) in [4.78, 5) is 22.9. The van der Waals surface area contributed by atoms with Crippen LogP contribution in [0.4, 0.5) is 0 Å². The van der Waals surface area contributed by atoms with Gasteiger partial charge in [0.2, 0.25) is 5.91 Å². The van der Waals surface area contributed by atoms with Crippen molar-refractivity contribution >= 4 is 11.9 Å². The predicted molar refractivity (Wildman–Crippen MR) is 75.7 cm³/mol. The fourth-order valence-electron chi connectivity index (χ4n) is 1.87. The highest BCUT2D eigenvalue weighted by atomic mass is 16.5. The molecule has 0 fully saturated rings. The summed E-state index contributed by atoms with van der Waals surface area (Å²) in [6, 6.07) is 6.28. The first kappa shape index (κ1) is 16.0. The number of rotatable bonds is 7. The summed E-state index contributed by atoms with van der Waals surface area (Å²) in [7, 11) is 1.57. The second-order valence-electron chi connectivity index (χ2n) is 5.11. The Morgan fingerprint density at radius 3 is 2.30 bits per heavy atom. The third-order valence-corrected chi connectivity index (χ3v) is 2.86. The summed E-state index contributed by atoms with van der Waals surface area (Å²) >= 11 is 0. The van der Waals surface area contributed by atoms with Crippen LogP contribution in [0.5, 0.6) is 5.75 Å². The summed E-state index contributed by atoms with van der Waals surface area (Å²) in [5, 5.41) is 11.6. The van der Waals surface area contributed by atoms with Crippen LogP contribution in [0.15, 0.2) is 24.3 Å². The van der Waals surface area contributed by atoms with E-state index in [1.807, 2.05) is 13.8 Å². The van der Waals surface area contributed by atoms with Crippen molar-refractivity contribution in [3.63, 3.8) is 0 Å². The van der Waals surface area contributed by atoms with E-state index in [0.717, 1.165) is 11.3 Å². The number of amides is 1. The van der Waals surface area contributed by atoms with E-state index in [-0.39, 0.29) is 18.2 Å². The molecule has 2 N–H and O–H groups in total. The number of hydrogen-bond donors (Lipinski definition) is 2. The van der Waals surface area contributed by atoms with E-state index in [0.29, 0.717) is 6.42 Å². The maximum atomic E-state index is 11.9. The molecule has 0 saturated heterocycles. The number of ether oxygens (including phenoxy) is 1. The van der Waals surface area contributed by atoms with E-state index in [2.05, 4.69) is 5.32 Å². The number of nitrogens with one attached hydrogen (secondary N) is 1. The van der Waals surface area contributed by atoms with E-state index in [9.17, 15) is 9.59 Å². The Labute approximate surface area is 118 Å². The number of benzene rings is 1. The summed E-state index contributed by atoms with van der Waals surface area (Å²) in [5.41, 5.74) is 0.817. The monoisotopic (exact) mass is 279 g/mol. The highest BCUT2D eigenvalue weighted by Gasteiger charge is 2.20. The van der Waals surface area contributed by atoms with Crippen molar-refractivity contribution in [3.8, 4) is 5.75 Å². The van der Waals surface area contributed by atoms with Gasteiger partial charge in [-0.2, -0.15) is 0 Å². The highest BCUT2D eigenvalue weighted by Crippen LogP contribution is 2.12. The van der Waals surface area contributed by atoms with Crippen molar-refractivity contribution in [1.29, 1.82) is 0 Å². The maximum absolute atomic E-state index is 11.9. The first-order chi connectivity index (χ1) is 9.42. The van der Waals surface area contributed by atoms with Gasteiger partial charge in [0.15, 0.2) is 0 Å². The van der Waals surface area contributed by atoms with Gasteiger partial charge in [-0.1, -0.05) is 26.0 Å². The number of carboxylic acids is 1. The van der Waals surface area contributed by atoms with Crippen molar-refractivity contribution in [2.45, 2.75) is 32.7 Å². The lowest BCUT2D eigenvalue weighted by atomic mass is 10.0. The fourth-order valence-corrected chi connectivity index (χ4v) is 1.87. The van der Waals surface area contributed by atoms with Crippen LogP contribution in [0.2, 0.25) is 0 Å². The fraction of sp³-hybridized carbons (Fsp3) is 0.467. The maximum Gasteiger partial charge on any atom is 0.326 e. The highest BCUT2D eigenvalue weighted by molar-refractivity contribution is 5.84. The molecule has 5 nitrogen and oxygen atoms in total. The van der Waals surface area contributed by atoms with Crippen LogP contribution in [0.25, 0.3) is 0 Å². The Balaban J connectivity index is 2.58. The van der Waals surface area contributed by atoms with Gasteiger partial charge in [-0.05, 0) is 30.0 Å². The first-order valence-electron chi connectivity index (χ1n) is 6.57. The molecule has 1 unspecified atom stereocenters. The molecule has 0 spiro atoms. The minimum atomic E-state index is -0.998. The Hall–Kier alpha value is -2.04. The molecule has 0 bridgehead atoms. The number of aliphatic carboxylic acids is 1. The lowest BCUT2D eigenvalue weighted by molar-refractivity contribution is -0.142. The van der Waals surface area contributed by atoms with Crippen molar-refractivity contribution in [2.24, 2.45) is 5.92 Å². The van der Waals surface area contributed by atoms with E-state index < -0.39 is 12.0 Å². The molecule has 1 amide bonds.